The highest BCUT2D eigenvalue weighted by Gasteiger charge is 2.32. The maximum atomic E-state index is 12.3. The van der Waals surface area contributed by atoms with Gasteiger partial charge in [-0.05, 0) is 29.8 Å². The summed E-state index contributed by atoms with van der Waals surface area (Å²) in [6, 6.07) is 11.3. The largest absolute Gasteiger partial charge is 0.504 e. The van der Waals surface area contributed by atoms with Crippen LogP contribution in [-0.2, 0) is 9.84 Å². The Labute approximate surface area is 122 Å². The van der Waals surface area contributed by atoms with Crippen molar-refractivity contribution >= 4 is 9.84 Å². The maximum absolute atomic E-state index is 12.3. The molecule has 0 saturated carbocycles. The summed E-state index contributed by atoms with van der Waals surface area (Å²) in [5.41, 5.74) is 0.589. The molecule has 1 N–H and O–H groups in total. The minimum Gasteiger partial charge on any atom is -0.504 e. The number of phenols is 1. The van der Waals surface area contributed by atoms with Gasteiger partial charge in [-0.2, -0.15) is 0 Å². The Balaban J connectivity index is 2.01. The number of methoxy groups -OCH3 is 1. The molecule has 6 heteroatoms. The monoisotopic (exact) mass is 306 g/mol. The summed E-state index contributed by atoms with van der Waals surface area (Å²) in [4.78, 5) is 0.207. The minimum absolute atomic E-state index is 0.0464. The first-order valence-corrected chi connectivity index (χ1v) is 8.02. The summed E-state index contributed by atoms with van der Waals surface area (Å²) in [6.45, 7) is 0. The van der Waals surface area contributed by atoms with Crippen LogP contribution in [0.25, 0.3) is 0 Å². The van der Waals surface area contributed by atoms with E-state index in [2.05, 4.69) is 0 Å². The molecule has 2 aromatic rings. The number of benzene rings is 2. The zero-order chi connectivity index (χ0) is 15.0. The lowest BCUT2D eigenvalue weighted by molar-refractivity contribution is 0.214. The van der Waals surface area contributed by atoms with E-state index in [9.17, 15) is 13.5 Å². The van der Waals surface area contributed by atoms with Gasteiger partial charge in [-0.3, -0.25) is 0 Å². The zero-order valence-corrected chi connectivity index (χ0v) is 12.1. The van der Waals surface area contributed by atoms with Crippen LogP contribution in [0.3, 0.4) is 0 Å². The molecule has 5 nitrogen and oxygen atoms in total. The fraction of sp³-hybridized carbons (Fsp3) is 0.200. The van der Waals surface area contributed by atoms with E-state index in [0.717, 1.165) is 0 Å². The van der Waals surface area contributed by atoms with Gasteiger partial charge in [0.25, 0.3) is 0 Å². The van der Waals surface area contributed by atoms with Crippen molar-refractivity contribution in [1.29, 1.82) is 0 Å². The van der Waals surface area contributed by atoms with Gasteiger partial charge in [0.2, 0.25) is 0 Å². The number of sulfone groups is 1. The van der Waals surface area contributed by atoms with Gasteiger partial charge in [0.1, 0.15) is 16.7 Å². The second-order valence-electron chi connectivity index (χ2n) is 4.77. The third-order valence-electron chi connectivity index (χ3n) is 3.40. The highest BCUT2D eigenvalue weighted by Crippen LogP contribution is 2.38. The Hall–Kier alpha value is -2.21. The van der Waals surface area contributed by atoms with Gasteiger partial charge in [0.15, 0.2) is 21.3 Å². The van der Waals surface area contributed by atoms with Crippen LogP contribution in [0.15, 0.2) is 47.4 Å². The summed E-state index contributed by atoms with van der Waals surface area (Å²) in [6.07, 6.45) is -0.651. The van der Waals surface area contributed by atoms with Crippen molar-refractivity contribution in [2.75, 3.05) is 12.9 Å². The molecule has 0 fully saturated rings. The predicted molar refractivity (Wildman–Crippen MR) is 76.5 cm³/mol. The quantitative estimate of drug-likeness (QED) is 0.921. The molecule has 0 radical (unpaired) electrons. The summed E-state index contributed by atoms with van der Waals surface area (Å²) in [7, 11) is -1.95. The fourth-order valence-corrected chi connectivity index (χ4v) is 3.90. The Bertz CT molecular complexity index is 782. The van der Waals surface area contributed by atoms with Crippen molar-refractivity contribution in [2.24, 2.45) is 0 Å². The minimum atomic E-state index is -3.41. The van der Waals surface area contributed by atoms with Crippen molar-refractivity contribution in [3.05, 3.63) is 48.0 Å². The molecule has 0 aliphatic carbocycles. The van der Waals surface area contributed by atoms with E-state index >= 15 is 0 Å². The lowest BCUT2D eigenvalue weighted by atomic mass is 10.1. The van der Waals surface area contributed by atoms with E-state index in [1.165, 1.54) is 19.2 Å². The van der Waals surface area contributed by atoms with E-state index in [-0.39, 0.29) is 16.4 Å². The van der Waals surface area contributed by atoms with Crippen LogP contribution in [0.4, 0.5) is 0 Å². The molecular formula is C15H14O5S. The molecule has 0 aromatic heterocycles. The maximum Gasteiger partial charge on any atom is 0.186 e. The first kappa shape index (κ1) is 13.8. The SMILES string of the molecule is COc1ccc(C2CS(=O)(=O)c3ccccc3O2)cc1O. The predicted octanol–water partition coefficient (Wildman–Crippen LogP) is 2.31. The van der Waals surface area contributed by atoms with Crippen molar-refractivity contribution in [2.45, 2.75) is 11.0 Å². The Morgan fingerprint density at radius 3 is 2.71 bits per heavy atom. The average molecular weight is 306 g/mol. The van der Waals surface area contributed by atoms with Gasteiger partial charge in [-0.1, -0.05) is 18.2 Å². The van der Waals surface area contributed by atoms with Crippen LogP contribution in [0.1, 0.15) is 11.7 Å². The number of para-hydroxylation sites is 1. The molecule has 0 amide bonds. The molecule has 21 heavy (non-hydrogen) atoms. The molecule has 0 spiro atoms. The van der Waals surface area contributed by atoms with Gasteiger partial charge in [0.05, 0.1) is 12.9 Å². The number of aromatic hydroxyl groups is 1. The molecule has 110 valence electrons. The van der Waals surface area contributed by atoms with Crippen molar-refractivity contribution in [1.82, 2.24) is 0 Å². The van der Waals surface area contributed by atoms with E-state index < -0.39 is 15.9 Å². The number of hydrogen-bond acceptors (Lipinski definition) is 5. The second kappa shape index (κ2) is 4.96. The van der Waals surface area contributed by atoms with E-state index in [1.54, 1.807) is 30.3 Å². The van der Waals surface area contributed by atoms with Crippen LogP contribution >= 0.6 is 0 Å². The van der Waals surface area contributed by atoms with Gasteiger partial charge in [-0.15, -0.1) is 0 Å². The van der Waals surface area contributed by atoms with Crippen LogP contribution in [0.5, 0.6) is 17.2 Å². The molecule has 1 aliphatic rings. The Morgan fingerprint density at radius 1 is 1.24 bits per heavy atom. The first-order chi connectivity index (χ1) is 10.0. The highest BCUT2D eigenvalue weighted by molar-refractivity contribution is 7.91. The highest BCUT2D eigenvalue weighted by atomic mass is 32.2. The van der Waals surface area contributed by atoms with E-state index in [4.69, 9.17) is 9.47 Å². The van der Waals surface area contributed by atoms with Crippen molar-refractivity contribution < 1.29 is 23.0 Å². The number of ether oxygens (including phenoxy) is 2. The molecule has 2 aromatic carbocycles. The lowest BCUT2D eigenvalue weighted by Crippen LogP contribution is -2.25. The first-order valence-electron chi connectivity index (χ1n) is 6.36. The van der Waals surface area contributed by atoms with Crippen LogP contribution in [-0.4, -0.2) is 26.4 Å². The summed E-state index contributed by atoms with van der Waals surface area (Å²) >= 11 is 0. The zero-order valence-electron chi connectivity index (χ0n) is 11.3. The summed E-state index contributed by atoms with van der Waals surface area (Å²) < 4.78 is 35.3. The molecule has 3 rings (SSSR count). The van der Waals surface area contributed by atoms with Gasteiger partial charge < -0.3 is 14.6 Å². The lowest BCUT2D eigenvalue weighted by Gasteiger charge is -2.26. The molecule has 0 saturated heterocycles. The standard InChI is InChI=1S/C15H14O5S/c1-19-12-7-6-10(8-11(12)16)14-9-21(17,18)15-5-3-2-4-13(15)20-14/h2-8,14,16H,9H2,1H3. The third kappa shape index (κ3) is 2.42. The van der Waals surface area contributed by atoms with Crippen LogP contribution < -0.4 is 9.47 Å². The molecule has 1 aliphatic heterocycles. The second-order valence-corrected chi connectivity index (χ2v) is 6.77. The molecule has 1 heterocycles. The number of hydrogen-bond donors (Lipinski definition) is 1. The van der Waals surface area contributed by atoms with Crippen LogP contribution in [0.2, 0.25) is 0 Å². The normalized spacial score (nSPS) is 19.4. The average Bonchev–Trinajstić information content (AvgIpc) is 2.46. The molecule has 0 bridgehead atoms. The Morgan fingerprint density at radius 2 is 2.00 bits per heavy atom. The van der Waals surface area contributed by atoms with E-state index in [0.29, 0.717) is 17.1 Å². The van der Waals surface area contributed by atoms with Crippen LogP contribution in [0, 0.1) is 0 Å². The third-order valence-corrected chi connectivity index (χ3v) is 5.15. The molecular weight excluding hydrogens is 292 g/mol. The van der Waals surface area contributed by atoms with Crippen molar-refractivity contribution in [3.8, 4) is 17.2 Å². The van der Waals surface area contributed by atoms with E-state index in [1.807, 2.05) is 0 Å². The molecule has 1 atom stereocenters. The molecule has 1 unspecified atom stereocenters. The number of phenolic OH excluding ortho intramolecular Hbond substituents is 1. The van der Waals surface area contributed by atoms with Crippen molar-refractivity contribution in [3.63, 3.8) is 0 Å². The van der Waals surface area contributed by atoms with Gasteiger partial charge >= 0.3 is 0 Å². The Kier molecular flexibility index (Phi) is 3.25. The smallest absolute Gasteiger partial charge is 0.186 e. The van der Waals surface area contributed by atoms with Gasteiger partial charge in [-0.25, -0.2) is 8.42 Å². The summed E-state index contributed by atoms with van der Waals surface area (Å²) in [5, 5.41) is 9.82. The number of rotatable bonds is 2. The number of fused-ring (bicyclic) bond motifs is 1. The topological polar surface area (TPSA) is 72.8 Å². The summed E-state index contributed by atoms with van der Waals surface area (Å²) in [5.74, 6) is 0.465. The van der Waals surface area contributed by atoms with Gasteiger partial charge in [0, 0.05) is 0 Å². The fourth-order valence-electron chi connectivity index (χ4n) is 2.35.